The van der Waals surface area contributed by atoms with Crippen molar-refractivity contribution in [1.29, 1.82) is 0 Å². The van der Waals surface area contributed by atoms with Crippen molar-refractivity contribution in [3.05, 3.63) is 88.4 Å². The molecule has 1 atom stereocenters. The minimum absolute atomic E-state index is 0.0547. The molecule has 0 radical (unpaired) electrons. The van der Waals surface area contributed by atoms with Crippen molar-refractivity contribution in [3.63, 3.8) is 0 Å². The topological polar surface area (TPSA) is 84.5 Å². The van der Waals surface area contributed by atoms with E-state index >= 15 is 0 Å². The quantitative estimate of drug-likeness (QED) is 0.505. The summed E-state index contributed by atoms with van der Waals surface area (Å²) in [5, 5.41) is 3.02. The number of hydrogen-bond donors (Lipinski definition) is 2. The van der Waals surface area contributed by atoms with Crippen LogP contribution in [-0.2, 0) is 21.2 Å². The monoisotopic (exact) mass is 472 g/mol. The predicted molar refractivity (Wildman–Crippen MR) is 127 cm³/mol. The van der Waals surface area contributed by atoms with E-state index in [-0.39, 0.29) is 16.3 Å². The molecule has 2 N–H and O–H groups in total. The number of carbonyl (C=O) groups is 1. The molecule has 3 aromatic rings. The first-order chi connectivity index (χ1) is 15.2. The Morgan fingerprint density at radius 1 is 1.03 bits per heavy atom. The third-order valence-corrected chi connectivity index (χ3v) is 6.75. The van der Waals surface area contributed by atoms with E-state index in [4.69, 9.17) is 16.3 Å². The average Bonchev–Trinajstić information content (AvgIpc) is 2.76. The smallest absolute Gasteiger partial charge is 0.242 e. The van der Waals surface area contributed by atoms with Crippen molar-refractivity contribution in [1.82, 2.24) is 4.72 Å². The van der Waals surface area contributed by atoms with Gasteiger partial charge in [0.05, 0.1) is 17.0 Å². The van der Waals surface area contributed by atoms with Crippen molar-refractivity contribution in [2.75, 3.05) is 12.4 Å². The first-order valence-corrected chi connectivity index (χ1v) is 11.8. The number of aryl methyl sites for hydroxylation is 2. The molecule has 3 rings (SSSR count). The Labute approximate surface area is 193 Å². The lowest BCUT2D eigenvalue weighted by Gasteiger charge is -2.20. The van der Waals surface area contributed by atoms with E-state index in [1.54, 1.807) is 0 Å². The molecule has 0 bridgehead atoms. The van der Waals surface area contributed by atoms with Gasteiger partial charge in [0.2, 0.25) is 15.9 Å². The highest BCUT2D eigenvalue weighted by atomic mass is 35.5. The molecular formula is C24H25ClN2O4S. The Bertz CT molecular complexity index is 1210. The summed E-state index contributed by atoms with van der Waals surface area (Å²) >= 11 is 6.11. The van der Waals surface area contributed by atoms with Crippen molar-refractivity contribution in [2.24, 2.45) is 0 Å². The zero-order chi connectivity index (χ0) is 23.3. The molecule has 0 unspecified atom stereocenters. The maximum atomic E-state index is 13.2. The summed E-state index contributed by atoms with van der Waals surface area (Å²) in [4.78, 5) is 13.1. The number of carbonyl (C=O) groups excluding carboxylic acids is 1. The summed E-state index contributed by atoms with van der Waals surface area (Å²) in [6.45, 7) is 3.80. The predicted octanol–water partition coefficient (Wildman–Crippen LogP) is 4.49. The molecule has 1 amide bonds. The largest absolute Gasteiger partial charge is 0.495 e. The molecule has 0 saturated carbocycles. The van der Waals surface area contributed by atoms with Crippen molar-refractivity contribution in [3.8, 4) is 5.75 Å². The number of anilines is 1. The Balaban J connectivity index is 1.90. The fraction of sp³-hybridized carbons (Fsp3) is 0.208. The zero-order valence-electron chi connectivity index (χ0n) is 18.1. The molecule has 0 aromatic heterocycles. The SMILES string of the molecule is COc1ccc(S(=O)(=O)N[C@H](Cc2ccccc2)C(=O)Nc2cc(C)ccc2C)cc1Cl. The van der Waals surface area contributed by atoms with Crippen LogP contribution in [0.4, 0.5) is 5.69 Å². The van der Waals surface area contributed by atoms with Crippen LogP contribution in [0.25, 0.3) is 0 Å². The van der Waals surface area contributed by atoms with Gasteiger partial charge in [-0.05, 0) is 61.2 Å². The number of halogens is 1. The van der Waals surface area contributed by atoms with Crippen molar-refractivity contribution in [2.45, 2.75) is 31.2 Å². The first-order valence-electron chi connectivity index (χ1n) is 9.97. The van der Waals surface area contributed by atoms with E-state index in [1.165, 1.54) is 25.3 Å². The van der Waals surface area contributed by atoms with Gasteiger partial charge in [0.25, 0.3) is 0 Å². The molecule has 32 heavy (non-hydrogen) atoms. The Morgan fingerprint density at radius 2 is 1.75 bits per heavy atom. The fourth-order valence-electron chi connectivity index (χ4n) is 3.20. The minimum atomic E-state index is -4.03. The standard InChI is InChI=1S/C24H25ClN2O4S/c1-16-9-10-17(2)21(13-16)26-24(28)22(14-18-7-5-4-6-8-18)27-32(29,30)19-11-12-23(31-3)20(25)15-19/h4-13,15,22,27H,14H2,1-3H3,(H,26,28)/t22-/m1/s1. The Hall–Kier alpha value is -2.87. The van der Waals surface area contributed by atoms with Crippen LogP contribution in [0.15, 0.2) is 71.6 Å². The second kappa shape index (κ2) is 10.2. The molecule has 168 valence electrons. The van der Waals surface area contributed by atoms with Crippen LogP contribution in [-0.4, -0.2) is 27.5 Å². The van der Waals surface area contributed by atoms with Crippen molar-refractivity contribution < 1.29 is 17.9 Å². The number of sulfonamides is 1. The van der Waals surface area contributed by atoms with Gasteiger partial charge in [0.15, 0.2) is 0 Å². The van der Waals surface area contributed by atoms with Gasteiger partial charge in [-0.1, -0.05) is 54.1 Å². The molecule has 0 fully saturated rings. The van der Waals surface area contributed by atoms with Crippen LogP contribution < -0.4 is 14.8 Å². The lowest BCUT2D eigenvalue weighted by Crippen LogP contribution is -2.45. The Kier molecular flexibility index (Phi) is 7.56. The van der Waals surface area contributed by atoms with Crippen molar-refractivity contribution >= 4 is 33.2 Å². The maximum absolute atomic E-state index is 13.2. The third kappa shape index (κ3) is 5.88. The molecule has 0 aliphatic carbocycles. The van der Waals surface area contributed by atoms with Crippen LogP contribution in [0, 0.1) is 13.8 Å². The number of ether oxygens (including phenoxy) is 1. The van der Waals surface area contributed by atoms with E-state index in [9.17, 15) is 13.2 Å². The molecule has 0 aliphatic rings. The lowest BCUT2D eigenvalue weighted by molar-refractivity contribution is -0.117. The number of hydrogen-bond acceptors (Lipinski definition) is 4. The van der Waals surface area contributed by atoms with Gasteiger partial charge in [-0.3, -0.25) is 4.79 Å². The fourth-order valence-corrected chi connectivity index (χ4v) is 4.74. The van der Waals surface area contributed by atoms with Gasteiger partial charge in [0.1, 0.15) is 11.8 Å². The van der Waals surface area contributed by atoms with E-state index in [0.29, 0.717) is 11.4 Å². The van der Waals surface area contributed by atoms with Gasteiger partial charge in [-0.25, -0.2) is 8.42 Å². The highest BCUT2D eigenvalue weighted by molar-refractivity contribution is 7.89. The molecule has 6 nitrogen and oxygen atoms in total. The number of benzene rings is 3. The molecular weight excluding hydrogens is 448 g/mol. The first kappa shape index (κ1) is 23.8. The minimum Gasteiger partial charge on any atom is -0.495 e. The van der Waals surface area contributed by atoms with E-state index in [1.807, 2.05) is 62.4 Å². The molecule has 0 spiro atoms. The maximum Gasteiger partial charge on any atom is 0.242 e. The van der Waals surface area contributed by atoms with E-state index in [0.717, 1.165) is 16.7 Å². The highest BCUT2D eigenvalue weighted by Gasteiger charge is 2.27. The van der Waals surface area contributed by atoms with Crippen LogP contribution in [0.1, 0.15) is 16.7 Å². The molecule has 0 saturated heterocycles. The molecule has 3 aromatic carbocycles. The Morgan fingerprint density at radius 3 is 2.41 bits per heavy atom. The number of amides is 1. The number of nitrogens with one attached hydrogen (secondary N) is 2. The van der Waals surface area contributed by atoms with Gasteiger partial charge in [-0.15, -0.1) is 0 Å². The lowest BCUT2D eigenvalue weighted by atomic mass is 10.1. The van der Waals surface area contributed by atoms with Crippen LogP contribution in [0.2, 0.25) is 5.02 Å². The second-order valence-corrected chi connectivity index (χ2v) is 9.59. The van der Waals surface area contributed by atoms with Crippen LogP contribution in [0.5, 0.6) is 5.75 Å². The highest BCUT2D eigenvalue weighted by Crippen LogP contribution is 2.27. The summed E-state index contributed by atoms with van der Waals surface area (Å²) in [5.41, 5.74) is 3.33. The van der Waals surface area contributed by atoms with Gasteiger partial charge < -0.3 is 10.1 Å². The number of rotatable bonds is 8. The van der Waals surface area contributed by atoms with E-state index < -0.39 is 22.0 Å². The third-order valence-electron chi connectivity index (χ3n) is 4.98. The summed E-state index contributed by atoms with van der Waals surface area (Å²) in [7, 11) is -2.59. The summed E-state index contributed by atoms with van der Waals surface area (Å²) in [6, 6.07) is 18.0. The second-order valence-electron chi connectivity index (χ2n) is 7.47. The molecule has 8 heteroatoms. The zero-order valence-corrected chi connectivity index (χ0v) is 19.6. The number of methoxy groups -OCH3 is 1. The van der Waals surface area contributed by atoms with Gasteiger partial charge in [0, 0.05) is 5.69 Å². The van der Waals surface area contributed by atoms with Crippen LogP contribution >= 0.6 is 11.6 Å². The average molecular weight is 473 g/mol. The van der Waals surface area contributed by atoms with Crippen LogP contribution in [0.3, 0.4) is 0 Å². The normalized spacial score (nSPS) is 12.2. The molecule has 0 aliphatic heterocycles. The van der Waals surface area contributed by atoms with Gasteiger partial charge >= 0.3 is 0 Å². The summed E-state index contributed by atoms with van der Waals surface area (Å²) in [5.74, 6) is -0.0927. The summed E-state index contributed by atoms with van der Waals surface area (Å²) in [6.07, 6.45) is 0.181. The molecule has 0 heterocycles. The van der Waals surface area contributed by atoms with Gasteiger partial charge in [-0.2, -0.15) is 4.72 Å². The van der Waals surface area contributed by atoms with E-state index in [2.05, 4.69) is 10.0 Å². The summed E-state index contributed by atoms with van der Waals surface area (Å²) < 4.78 is 33.8.